The van der Waals surface area contributed by atoms with Gasteiger partial charge in [0, 0.05) is 6.42 Å². The summed E-state index contributed by atoms with van der Waals surface area (Å²) in [5.41, 5.74) is 0. The van der Waals surface area contributed by atoms with Crippen molar-refractivity contribution in [3.63, 3.8) is 0 Å². The van der Waals surface area contributed by atoms with Crippen LogP contribution in [0.1, 0.15) is 26.2 Å². The molecule has 1 aliphatic heterocycles. The number of nitrogens with one attached hydrogen (secondary N) is 1. The average molecular weight is 198 g/mol. The van der Waals surface area contributed by atoms with Gasteiger partial charge in [-0.25, -0.2) is 0 Å². The minimum Gasteiger partial charge on any atom is -0.324 e. The Labute approximate surface area is 82.4 Å². The van der Waals surface area contributed by atoms with E-state index in [-0.39, 0.29) is 19.0 Å². The van der Waals surface area contributed by atoms with Crippen molar-refractivity contribution >= 4 is 17.7 Å². The summed E-state index contributed by atoms with van der Waals surface area (Å²) in [6.07, 6.45) is 2.14. The minimum absolute atomic E-state index is 0.00822. The van der Waals surface area contributed by atoms with E-state index in [1.807, 2.05) is 6.92 Å². The van der Waals surface area contributed by atoms with Crippen molar-refractivity contribution in [1.82, 2.24) is 10.2 Å². The SMILES string of the molecule is CCCCC(=O)N1CC(=O)NC(=O)C1. The summed E-state index contributed by atoms with van der Waals surface area (Å²) in [5, 5.41) is 2.15. The van der Waals surface area contributed by atoms with Gasteiger partial charge in [0.25, 0.3) is 0 Å². The molecule has 0 aromatic rings. The van der Waals surface area contributed by atoms with Crippen LogP contribution >= 0.6 is 0 Å². The predicted octanol–water partition coefficient (Wildman–Crippen LogP) is -0.338. The molecule has 0 spiro atoms. The van der Waals surface area contributed by atoms with Gasteiger partial charge in [-0.3, -0.25) is 19.7 Å². The molecule has 0 aromatic heterocycles. The molecule has 0 unspecified atom stereocenters. The lowest BCUT2D eigenvalue weighted by atomic mass is 10.2. The van der Waals surface area contributed by atoms with E-state index in [4.69, 9.17) is 0 Å². The molecule has 1 heterocycles. The molecule has 0 atom stereocenters. The number of carbonyl (C=O) groups excluding carboxylic acids is 3. The molecule has 1 rings (SSSR count). The van der Waals surface area contributed by atoms with Crippen LogP contribution in [-0.4, -0.2) is 35.7 Å². The van der Waals surface area contributed by atoms with Gasteiger partial charge in [0.05, 0.1) is 0 Å². The van der Waals surface area contributed by atoms with Crippen LogP contribution in [0.25, 0.3) is 0 Å². The van der Waals surface area contributed by atoms with E-state index in [9.17, 15) is 14.4 Å². The zero-order valence-corrected chi connectivity index (χ0v) is 8.21. The molecular weight excluding hydrogens is 184 g/mol. The quantitative estimate of drug-likeness (QED) is 0.631. The van der Waals surface area contributed by atoms with Gasteiger partial charge in [0.1, 0.15) is 13.1 Å². The van der Waals surface area contributed by atoms with E-state index in [2.05, 4.69) is 5.32 Å². The van der Waals surface area contributed by atoms with Gasteiger partial charge in [-0.2, -0.15) is 0 Å². The lowest BCUT2D eigenvalue weighted by molar-refractivity contribution is -0.145. The second kappa shape index (κ2) is 4.74. The lowest BCUT2D eigenvalue weighted by Crippen LogP contribution is -2.53. The largest absolute Gasteiger partial charge is 0.324 e. The van der Waals surface area contributed by atoms with Crippen molar-refractivity contribution in [3.05, 3.63) is 0 Å². The third-order valence-electron chi connectivity index (χ3n) is 2.04. The van der Waals surface area contributed by atoms with Crippen LogP contribution < -0.4 is 5.32 Å². The van der Waals surface area contributed by atoms with Gasteiger partial charge < -0.3 is 4.90 Å². The summed E-state index contributed by atoms with van der Waals surface area (Å²) >= 11 is 0. The van der Waals surface area contributed by atoms with Crippen LogP contribution in [0.5, 0.6) is 0 Å². The fourth-order valence-corrected chi connectivity index (χ4v) is 1.30. The first-order chi connectivity index (χ1) is 6.63. The number of hydrogen-bond donors (Lipinski definition) is 1. The van der Waals surface area contributed by atoms with E-state index in [1.165, 1.54) is 4.90 Å². The number of unbranched alkanes of at least 4 members (excludes halogenated alkanes) is 1. The maximum Gasteiger partial charge on any atom is 0.246 e. The van der Waals surface area contributed by atoms with Crippen molar-refractivity contribution in [1.29, 1.82) is 0 Å². The average Bonchev–Trinajstić information content (AvgIpc) is 2.12. The van der Waals surface area contributed by atoms with Crippen LogP contribution in [0, 0.1) is 0 Å². The van der Waals surface area contributed by atoms with Gasteiger partial charge in [-0.05, 0) is 6.42 Å². The Morgan fingerprint density at radius 3 is 2.43 bits per heavy atom. The summed E-state index contributed by atoms with van der Waals surface area (Å²) in [7, 11) is 0. The summed E-state index contributed by atoms with van der Waals surface area (Å²) in [5.74, 6) is -0.910. The third kappa shape index (κ3) is 2.83. The van der Waals surface area contributed by atoms with Crippen LogP contribution in [0.4, 0.5) is 0 Å². The van der Waals surface area contributed by atoms with Crippen molar-refractivity contribution in [2.45, 2.75) is 26.2 Å². The Morgan fingerprint density at radius 1 is 1.36 bits per heavy atom. The molecule has 1 saturated heterocycles. The smallest absolute Gasteiger partial charge is 0.246 e. The highest BCUT2D eigenvalue weighted by atomic mass is 16.2. The zero-order chi connectivity index (χ0) is 10.6. The Hall–Kier alpha value is -1.39. The Balaban J connectivity index is 2.46. The van der Waals surface area contributed by atoms with Crippen molar-refractivity contribution in [3.8, 4) is 0 Å². The maximum atomic E-state index is 11.4. The van der Waals surface area contributed by atoms with E-state index in [0.29, 0.717) is 6.42 Å². The highest BCUT2D eigenvalue weighted by Crippen LogP contribution is 2.02. The maximum absolute atomic E-state index is 11.4. The summed E-state index contributed by atoms with van der Waals surface area (Å²) in [4.78, 5) is 34.6. The fraction of sp³-hybridized carbons (Fsp3) is 0.667. The number of imide groups is 1. The second-order valence-corrected chi connectivity index (χ2v) is 3.32. The molecule has 3 amide bonds. The molecule has 5 heteroatoms. The summed E-state index contributed by atoms with van der Waals surface area (Å²) in [6, 6.07) is 0. The number of hydrogen-bond acceptors (Lipinski definition) is 3. The number of rotatable bonds is 3. The molecule has 0 aliphatic carbocycles. The second-order valence-electron chi connectivity index (χ2n) is 3.32. The topological polar surface area (TPSA) is 66.5 Å². The van der Waals surface area contributed by atoms with Gasteiger partial charge in [-0.1, -0.05) is 13.3 Å². The number of amides is 3. The van der Waals surface area contributed by atoms with Gasteiger partial charge in [0.2, 0.25) is 17.7 Å². The molecule has 1 N–H and O–H groups in total. The molecule has 0 radical (unpaired) electrons. The highest BCUT2D eigenvalue weighted by molar-refractivity contribution is 6.02. The molecule has 0 saturated carbocycles. The Bertz CT molecular complexity index is 247. The van der Waals surface area contributed by atoms with Gasteiger partial charge >= 0.3 is 0 Å². The van der Waals surface area contributed by atoms with Crippen molar-refractivity contribution < 1.29 is 14.4 Å². The first-order valence-electron chi connectivity index (χ1n) is 4.74. The minimum atomic E-state index is -0.397. The summed E-state index contributed by atoms with van der Waals surface area (Å²) < 4.78 is 0. The van der Waals surface area contributed by atoms with Crippen LogP contribution in [0.3, 0.4) is 0 Å². The normalized spacial score (nSPS) is 16.8. The standard InChI is InChI=1S/C9H14N2O3/c1-2-3-4-9(14)11-5-7(12)10-8(13)6-11/h2-6H2,1H3,(H,10,12,13). The molecule has 1 fully saturated rings. The third-order valence-corrected chi connectivity index (χ3v) is 2.04. The first kappa shape index (κ1) is 10.7. The number of carbonyl (C=O) groups is 3. The van der Waals surface area contributed by atoms with E-state index < -0.39 is 11.8 Å². The molecule has 5 nitrogen and oxygen atoms in total. The fourth-order valence-electron chi connectivity index (χ4n) is 1.30. The highest BCUT2D eigenvalue weighted by Gasteiger charge is 2.25. The lowest BCUT2D eigenvalue weighted by Gasteiger charge is -2.25. The monoisotopic (exact) mass is 198 g/mol. The van der Waals surface area contributed by atoms with Crippen LogP contribution in [-0.2, 0) is 14.4 Å². The molecule has 78 valence electrons. The number of nitrogens with zero attached hydrogens (tertiary/aromatic N) is 1. The van der Waals surface area contributed by atoms with Gasteiger partial charge in [0.15, 0.2) is 0 Å². The molecule has 14 heavy (non-hydrogen) atoms. The predicted molar refractivity (Wildman–Crippen MR) is 49.3 cm³/mol. The molecule has 0 aromatic carbocycles. The Kier molecular flexibility index (Phi) is 3.62. The van der Waals surface area contributed by atoms with E-state index in [1.54, 1.807) is 0 Å². The zero-order valence-electron chi connectivity index (χ0n) is 8.21. The van der Waals surface area contributed by atoms with Gasteiger partial charge in [-0.15, -0.1) is 0 Å². The molecule has 0 bridgehead atoms. The number of piperazine rings is 1. The molecular formula is C9H14N2O3. The van der Waals surface area contributed by atoms with E-state index in [0.717, 1.165) is 12.8 Å². The summed E-state index contributed by atoms with van der Waals surface area (Å²) in [6.45, 7) is 2.00. The van der Waals surface area contributed by atoms with Crippen molar-refractivity contribution in [2.75, 3.05) is 13.1 Å². The van der Waals surface area contributed by atoms with E-state index >= 15 is 0 Å². The first-order valence-corrected chi connectivity index (χ1v) is 4.74. The Morgan fingerprint density at radius 2 is 1.93 bits per heavy atom. The van der Waals surface area contributed by atoms with Crippen LogP contribution in [0.2, 0.25) is 0 Å². The van der Waals surface area contributed by atoms with Crippen LogP contribution in [0.15, 0.2) is 0 Å². The molecule has 1 aliphatic rings. The van der Waals surface area contributed by atoms with Crippen molar-refractivity contribution in [2.24, 2.45) is 0 Å².